The van der Waals surface area contributed by atoms with Crippen molar-refractivity contribution in [1.82, 2.24) is 0 Å². The van der Waals surface area contributed by atoms with Crippen LogP contribution in [-0.4, -0.2) is 12.1 Å². The van der Waals surface area contributed by atoms with Gasteiger partial charge in [-0.2, -0.15) is 0 Å². The molecule has 0 saturated heterocycles. The van der Waals surface area contributed by atoms with Gasteiger partial charge in [0.05, 0.1) is 0 Å². The lowest BCUT2D eigenvalue weighted by Crippen LogP contribution is -2.31. The fourth-order valence-corrected chi connectivity index (χ4v) is 1.10. The second-order valence-electron chi connectivity index (χ2n) is 3.93. The number of esters is 1. The second-order valence-corrected chi connectivity index (χ2v) is 3.93. The van der Waals surface area contributed by atoms with Gasteiger partial charge in [-0.05, 0) is 6.92 Å². The highest BCUT2D eigenvalue weighted by molar-refractivity contribution is 5.66. The van der Waals surface area contributed by atoms with Crippen LogP contribution in [0.5, 0.6) is 0 Å². The lowest BCUT2D eigenvalue weighted by atomic mass is 9.85. The van der Waals surface area contributed by atoms with Crippen molar-refractivity contribution >= 4 is 5.97 Å². The Kier molecular flexibility index (Phi) is 5.21. The minimum Gasteiger partial charge on any atom is -0.461 e. The van der Waals surface area contributed by atoms with E-state index < -0.39 is 0 Å². The van der Waals surface area contributed by atoms with E-state index in [0.29, 0.717) is 0 Å². The summed E-state index contributed by atoms with van der Waals surface area (Å²) in [5, 5.41) is 0. The quantitative estimate of drug-likeness (QED) is 0.499. The van der Waals surface area contributed by atoms with Crippen LogP contribution in [0.4, 0.5) is 0 Å². The zero-order valence-corrected chi connectivity index (χ0v) is 9.54. The number of ether oxygens (including phenoxy) is 1. The van der Waals surface area contributed by atoms with E-state index in [4.69, 9.17) is 4.74 Å². The molecule has 2 nitrogen and oxygen atoms in total. The summed E-state index contributed by atoms with van der Waals surface area (Å²) in [5.41, 5.74) is -0.189. The molecule has 0 bridgehead atoms. The third-order valence-electron chi connectivity index (χ3n) is 2.25. The largest absolute Gasteiger partial charge is 0.461 e. The fourth-order valence-electron chi connectivity index (χ4n) is 1.10. The van der Waals surface area contributed by atoms with Gasteiger partial charge >= 0.3 is 5.97 Å². The van der Waals surface area contributed by atoms with E-state index in [2.05, 4.69) is 6.58 Å². The lowest BCUT2D eigenvalue weighted by molar-refractivity contribution is -0.150. The van der Waals surface area contributed by atoms with Crippen molar-refractivity contribution in [2.45, 2.75) is 40.2 Å². The molecule has 80 valence electrons. The van der Waals surface area contributed by atoms with Gasteiger partial charge in [0, 0.05) is 18.8 Å². The molecule has 0 aliphatic heterocycles. The van der Waals surface area contributed by atoms with Crippen LogP contribution < -0.4 is 0 Å². The van der Waals surface area contributed by atoms with E-state index in [1.54, 1.807) is 0 Å². The highest BCUT2D eigenvalue weighted by atomic mass is 16.5. The predicted molar refractivity (Wildman–Crippen MR) is 59.0 cm³/mol. The monoisotopic (exact) mass is 196 g/mol. The molecule has 0 radical (unpaired) electrons. The Balaban J connectivity index is 4.53. The molecule has 0 rings (SSSR count). The summed E-state index contributed by atoms with van der Waals surface area (Å²) in [6.45, 7) is 11.2. The number of rotatable bonds is 5. The van der Waals surface area contributed by atoms with Crippen molar-refractivity contribution in [2.24, 2.45) is 5.41 Å². The van der Waals surface area contributed by atoms with Crippen LogP contribution in [0.2, 0.25) is 0 Å². The maximum absolute atomic E-state index is 10.9. The van der Waals surface area contributed by atoms with E-state index in [1.165, 1.54) is 6.92 Å². The van der Waals surface area contributed by atoms with Gasteiger partial charge < -0.3 is 4.74 Å². The zero-order valence-electron chi connectivity index (χ0n) is 9.54. The normalized spacial score (nSPS) is 14.0. The van der Waals surface area contributed by atoms with Crippen LogP contribution in [0.1, 0.15) is 34.1 Å². The lowest BCUT2D eigenvalue weighted by Gasteiger charge is -2.29. The zero-order chi connectivity index (χ0) is 11.2. The Morgan fingerprint density at radius 3 is 2.50 bits per heavy atom. The minimum absolute atomic E-state index is 0.131. The van der Waals surface area contributed by atoms with Crippen molar-refractivity contribution in [3.8, 4) is 0 Å². The van der Waals surface area contributed by atoms with Gasteiger partial charge in [0.25, 0.3) is 0 Å². The summed E-state index contributed by atoms with van der Waals surface area (Å²) in [6, 6.07) is 0. The molecule has 0 saturated carbocycles. The Hall–Kier alpha value is -1.05. The second kappa shape index (κ2) is 5.63. The molecule has 0 heterocycles. The molecule has 0 aliphatic carbocycles. The first-order valence-corrected chi connectivity index (χ1v) is 4.86. The van der Waals surface area contributed by atoms with Gasteiger partial charge in [-0.25, -0.2) is 0 Å². The highest BCUT2D eigenvalue weighted by Crippen LogP contribution is 2.27. The topological polar surface area (TPSA) is 26.3 Å². The Morgan fingerprint density at radius 2 is 2.14 bits per heavy atom. The first-order chi connectivity index (χ1) is 6.44. The molecule has 0 aromatic rings. The summed E-state index contributed by atoms with van der Waals surface area (Å²) in [4.78, 5) is 10.9. The average molecular weight is 196 g/mol. The first kappa shape index (κ1) is 12.9. The maximum Gasteiger partial charge on any atom is 0.302 e. The summed E-state index contributed by atoms with van der Waals surface area (Å²) >= 11 is 0. The van der Waals surface area contributed by atoms with Gasteiger partial charge in [0.1, 0.15) is 6.10 Å². The SMILES string of the molecule is C=CC(C)(C)C(C/C=C\C)OC(C)=O. The smallest absolute Gasteiger partial charge is 0.302 e. The van der Waals surface area contributed by atoms with Crippen LogP contribution in [0.15, 0.2) is 24.8 Å². The van der Waals surface area contributed by atoms with Crippen LogP contribution >= 0.6 is 0 Å². The van der Waals surface area contributed by atoms with Gasteiger partial charge in [-0.1, -0.05) is 32.1 Å². The van der Waals surface area contributed by atoms with Gasteiger partial charge in [-0.3, -0.25) is 4.79 Å². The number of hydrogen-bond donors (Lipinski definition) is 0. The van der Waals surface area contributed by atoms with Gasteiger partial charge in [-0.15, -0.1) is 6.58 Å². The molecule has 0 amide bonds. The molecule has 2 heteroatoms. The van der Waals surface area contributed by atoms with Crippen molar-refractivity contribution in [3.05, 3.63) is 24.8 Å². The average Bonchev–Trinajstić information content (AvgIpc) is 2.11. The predicted octanol–water partition coefficient (Wildman–Crippen LogP) is 3.10. The van der Waals surface area contributed by atoms with Gasteiger partial charge in [0.2, 0.25) is 0 Å². The van der Waals surface area contributed by atoms with E-state index in [-0.39, 0.29) is 17.5 Å². The molecular formula is C12H20O2. The van der Waals surface area contributed by atoms with Crippen molar-refractivity contribution in [3.63, 3.8) is 0 Å². The van der Waals surface area contributed by atoms with Crippen molar-refractivity contribution < 1.29 is 9.53 Å². The molecule has 0 N–H and O–H groups in total. The molecule has 0 aliphatic rings. The molecule has 0 fully saturated rings. The van der Waals surface area contributed by atoms with E-state index in [9.17, 15) is 4.79 Å². The molecule has 14 heavy (non-hydrogen) atoms. The maximum atomic E-state index is 10.9. The number of carbonyl (C=O) groups is 1. The molecule has 0 aromatic heterocycles. The summed E-state index contributed by atoms with van der Waals surface area (Å²) < 4.78 is 5.25. The molecular weight excluding hydrogens is 176 g/mol. The van der Waals surface area contributed by atoms with Crippen LogP contribution in [-0.2, 0) is 9.53 Å². The Bertz CT molecular complexity index is 226. The minimum atomic E-state index is -0.241. The number of carbonyl (C=O) groups excluding carboxylic acids is 1. The van der Waals surface area contributed by atoms with Crippen LogP contribution in [0.25, 0.3) is 0 Å². The van der Waals surface area contributed by atoms with Crippen molar-refractivity contribution in [1.29, 1.82) is 0 Å². The third kappa shape index (κ3) is 4.26. The first-order valence-electron chi connectivity index (χ1n) is 4.86. The fraction of sp³-hybridized carbons (Fsp3) is 0.583. The summed E-state index contributed by atoms with van der Waals surface area (Å²) in [7, 11) is 0. The Labute approximate surface area is 86.6 Å². The highest BCUT2D eigenvalue weighted by Gasteiger charge is 2.27. The molecule has 0 aromatic carbocycles. The van der Waals surface area contributed by atoms with Crippen LogP contribution in [0.3, 0.4) is 0 Å². The van der Waals surface area contributed by atoms with Crippen LogP contribution in [0, 0.1) is 5.41 Å². The van der Waals surface area contributed by atoms with Crippen molar-refractivity contribution in [2.75, 3.05) is 0 Å². The molecule has 1 unspecified atom stereocenters. The van der Waals surface area contributed by atoms with E-state index in [1.807, 2.05) is 39.0 Å². The standard InChI is InChI=1S/C12H20O2/c1-6-8-9-11(14-10(3)13)12(4,5)7-2/h6-8,11H,2,9H2,1,3-5H3/b8-6-. The van der Waals surface area contributed by atoms with E-state index >= 15 is 0 Å². The molecule has 1 atom stereocenters. The number of allylic oxidation sites excluding steroid dienone is 1. The van der Waals surface area contributed by atoms with E-state index in [0.717, 1.165) is 6.42 Å². The van der Waals surface area contributed by atoms with Gasteiger partial charge in [0.15, 0.2) is 0 Å². The number of hydrogen-bond acceptors (Lipinski definition) is 2. The summed E-state index contributed by atoms with van der Waals surface area (Å²) in [6.07, 6.45) is 6.38. The Morgan fingerprint density at radius 1 is 1.57 bits per heavy atom. The molecule has 0 spiro atoms. The summed E-state index contributed by atoms with van der Waals surface area (Å²) in [5.74, 6) is -0.241. The third-order valence-corrected chi connectivity index (χ3v) is 2.25.